The van der Waals surface area contributed by atoms with Crippen LogP contribution >= 0.6 is 11.6 Å². The van der Waals surface area contributed by atoms with E-state index in [1.807, 2.05) is 6.92 Å². The van der Waals surface area contributed by atoms with Gasteiger partial charge in [0.1, 0.15) is 5.82 Å². The number of fused-ring (bicyclic) bond motifs is 1. The van der Waals surface area contributed by atoms with Crippen molar-refractivity contribution in [1.82, 2.24) is 15.3 Å². The highest BCUT2D eigenvalue weighted by Gasteiger charge is 2.07. The maximum atomic E-state index is 11.9. The van der Waals surface area contributed by atoms with Gasteiger partial charge >= 0.3 is 0 Å². The van der Waals surface area contributed by atoms with Crippen molar-refractivity contribution < 1.29 is 5.11 Å². The Morgan fingerprint density at radius 3 is 3.00 bits per heavy atom. The Kier molecular flexibility index (Phi) is 4.52. The molecule has 1 atom stereocenters. The van der Waals surface area contributed by atoms with Crippen molar-refractivity contribution in [2.24, 2.45) is 0 Å². The monoisotopic (exact) mass is 281 g/mol. The summed E-state index contributed by atoms with van der Waals surface area (Å²) >= 11 is 5.89. The zero-order valence-corrected chi connectivity index (χ0v) is 11.4. The van der Waals surface area contributed by atoms with Crippen LogP contribution in [0.3, 0.4) is 0 Å². The van der Waals surface area contributed by atoms with Gasteiger partial charge in [-0.15, -0.1) is 0 Å². The zero-order chi connectivity index (χ0) is 13.8. The number of aliphatic hydroxyl groups excluding tert-OH is 1. The van der Waals surface area contributed by atoms with Gasteiger partial charge in [-0.05, 0) is 24.6 Å². The fourth-order valence-electron chi connectivity index (χ4n) is 1.82. The van der Waals surface area contributed by atoms with Gasteiger partial charge in [0, 0.05) is 11.1 Å². The van der Waals surface area contributed by atoms with E-state index in [0.717, 1.165) is 6.42 Å². The molecule has 0 saturated heterocycles. The van der Waals surface area contributed by atoms with Gasteiger partial charge in [-0.25, -0.2) is 4.98 Å². The molecule has 0 fully saturated rings. The number of nitrogens with one attached hydrogen (secondary N) is 2. The second-order valence-electron chi connectivity index (χ2n) is 4.34. The molecule has 1 heterocycles. The van der Waals surface area contributed by atoms with E-state index in [1.54, 1.807) is 18.2 Å². The number of H-pyrrole nitrogens is 1. The van der Waals surface area contributed by atoms with Crippen LogP contribution in [0.2, 0.25) is 5.02 Å². The standard InChI is InChI=1S/C13H16ClN3O2/c1-2-9(7-18)15-6-12-16-11-5-8(14)3-4-10(11)13(19)17-12/h3-5,9,15,18H,2,6-7H2,1H3,(H,16,17,19). The number of aromatic amines is 1. The van der Waals surface area contributed by atoms with Crippen LogP contribution in [-0.4, -0.2) is 27.7 Å². The molecule has 0 aliphatic heterocycles. The minimum Gasteiger partial charge on any atom is -0.395 e. The predicted molar refractivity (Wildman–Crippen MR) is 75.4 cm³/mol. The summed E-state index contributed by atoms with van der Waals surface area (Å²) < 4.78 is 0. The number of halogens is 1. The molecule has 1 unspecified atom stereocenters. The van der Waals surface area contributed by atoms with Crippen molar-refractivity contribution in [2.45, 2.75) is 25.9 Å². The molecular formula is C13H16ClN3O2. The number of rotatable bonds is 5. The highest BCUT2D eigenvalue weighted by Crippen LogP contribution is 2.14. The van der Waals surface area contributed by atoms with Gasteiger partial charge in [-0.3, -0.25) is 4.79 Å². The summed E-state index contributed by atoms with van der Waals surface area (Å²) in [4.78, 5) is 19.0. The Morgan fingerprint density at radius 1 is 1.53 bits per heavy atom. The van der Waals surface area contributed by atoms with E-state index in [-0.39, 0.29) is 18.2 Å². The molecule has 6 heteroatoms. The van der Waals surface area contributed by atoms with Crippen molar-refractivity contribution in [1.29, 1.82) is 0 Å². The van der Waals surface area contributed by atoms with Crippen LogP contribution in [0.15, 0.2) is 23.0 Å². The lowest BCUT2D eigenvalue weighted by Crippen LogP contribution is -2.32. The first kappa shape index (κ1) is 14.0. The van der Waals surface area contributed by atoms with Crippen molar-refractivity contribution in [2.75, 3.05) is 6.61 Å². The summed E-state index contributed by atoms with van der Waals surface area (Å²) in [6, 6.07) is 4.99. The molecule has 2 aromatic rings. The first-order chi connectivity index (χ1) is 9.13. The maximum absolute atomic E-state index is 11.9. The predicted octanol–water partition coefficient (Wildman–Crippen LogP) is 1.44. The van der Waals surface area contributed by atoms with Crippen LogP contribution < -0.4 is 10.9 Å². The Labute approximate surface area is 115 Å². The van der Waals surface area contributed by atoms with Crippen LogP contribution in [0.1, 0.15) is 19.2 Å². The van der Waals surface area contributed by atoms with E-state index in [1.165, 1.54) is 0 Å². The number of aliphatic hydroxyl groups is 1. The van der Waals surface area contributed by atoms with E-state index in [4.69, 9.17) is 16.7 Å². The number of nitrogens with zero attached hydrogens (tertiary/aromatic N) is 1. The largest absolute Gasteiger partial charge is 0.395 e. The fourth-order valence-corrected chi connectivity index (χ4v) is 1.99. The smallest absolute Gasteiger partial charge is 0.258 e. The minimum atomic E-state index is -0.185. The molecule has 0 amide bonds. The lowest BCUT2D eigenvalue weighted by Gasteiger charge is -2.13. The molecule has 5 nitrogen and oxygen atoms in total. The van der Waals surface area contributed by atoms with Gasteiger partial charge in [0.25, 0.3) is 5.56 Å². The molecule has 3 N–H and O–H groups in total. The average Bonchev–Trinajstić information content (AvgIpc) is 2.39. The highest BCUT2D eigenvalue weighted by molar-refractivity contribution is 6.31. The molecule has 0 aliphatic carbocycles. The summed E-state index contributed by atoms with van der Waals surface area (Å²) in [6.07, 6.45) is 0.806. The molecule has 0 spiro atoms. The third kappa shape index (κ3) is 3.32. The first-order valence-electron chi connectivity index (χ1n) is 6.16. The second kappa shape index (κ2) is 6.14. The Bertz CT molecular complexity index is 623. The summed E-state index contributed by atoms with van der Waals surface area (Å²) in [7, 11) is 0. The molecule has 0 bridgehead atoms. The SMILES string of the molecule is CCC(CO)NCc1nc2cc(Cl)ccc2c(=O)[nH]1. The van der Waals surface area contributed by atoms with Gasteiger partial charge in [0.05, 0.1) is 24.1 Å². The molecule has 1 aromatic carbocycles. The first-order valence-corrected chi connectivity index (χ1v) is 6.54. The van der Waals surface area contributed by atoms with E-state index in [2.05, 4.69) is 15.3 Å². The molecule has 1 aromatic heterocycles. The van der Waals surface area contributed by atoms with Gasteiger partial charge in [0.2, 0.25) is 0 Å². The van der Waals surface area contributed by atoms with Crippen LogP contribution in [0.4, 0.5) is 0 Å². The number of hydrogen-bond acceptors (Lipinski definition) is 4. The van der Waals surface area contributed by atoms with Gasteiger partial charge in [-0.1, -0.05) is 18.5 Å². The lowest BCUT2D eigenvalue weighted by molar-refractivity contribution is 0.237. The van der Waals surface area contributed by atoms with Gasteiger partial charge in [-0.2, -0.15) is 0 Å². The fraction of sp³-hybridized carbons (Fsp3) is 0.385. The van der Waals surface area contributed by atoms with Crippen LogP contribution in [-0.2, 0) is 6.54 Å². The Balaban J connectivity index is 2.27. The average molecular weight is 282 g/mol. The van der Waals surface area contributed by atoms with Crippen molar-refractivity contribution in [3.8, 4) is 0 Å². The molecule has 102 valence electrons. The quantitative estimate of drug-likeness (QED) is 0.775. The molecule has 0 aliphatic rings. The van der Waals surface area contributed by atoms with Crippen molar-refractivity contribution in [3.05, 3.63) is 39.4 Å². The van der Waals surface area contributed by atoms with E-state index in [9.17, 15) is 4.79 Å². The van der Waals surface area contributed by atoms with Gasteiger partial charge in [0.15, 0.2) is 0 Å². The number of hydrogen-bond donors (Lipinski definition) is 3. The highest BCUT2D eigenvalue weighted by atomic mass is 35.5. The maximum Gasteiger partial charge on any atom is 0.258 e. The summed E-state index contributed by atoms with van der Waals surface area (Å²) in [6.45, 7) is 2.43. The molecule has 0 saturated carbocycles. The van der Waals surface area contributed by atoms with Crippen LogP contribution in [0, 0.1) is 0 Å². The Hall–Kier alpha value is -1.43. The van der Waals surface area contributed by atoms with E-state index >= 15 is 0 Å². The van der Waals surface area contributed by atoms with Crippen LogP contribution in [0.25, 0.3) is 10.9 Å². The van der Waals surface area contributed by atoms with E-state index < -0.39 is 0 Å². The molecule has 0 radical (unpaired) electrons. The molecular weight excluding hydrogens is 266 g/mol. The topological polar surface area (TPSA) is 78.0 Å². The van der Waals surface area contributed by atoms with Crippen molar-refractivity contribution in [3.63, 3.8) is 0 Å². The summed E-state index contributed by atoms with van der Waals surface area (Å²) in [5.74, 6) is 0.534. The van der Waals surface area contributed by atoms with Gasteiger partial charge < -0.3 is 15.4 Å². The zero-order valence-electron chi connectivity index (χ0n) is 10.6. The number of aromatic nitrogens is 2. The second-order valence-corrected chi connectivity index (χ2v) is 4.78. The third-order valence-corrected chi connectivity index (χ3v) is 3.22. The normalized spacial score (nSPS) is 12.8. The van der Waals surface area contributed by atoms with Crippen LogP contribution in [0.5, 0.6) is 0 Å². The molecule has 2 rings (SSSR count). The van der Waals surface area contributed by atoms with Crippen molar-refractivity contribution >= 4 is 22.5 Å². The third-order valence-electron chi connectivity index (χ3n) is 2.99. The minimum absolute atomic E-state index is 0.000334. The number of benzene rings is 1. The van der Waals surface area contributed by atoms with E-state index in [0.29, 0.717) is 28.3 Å². The Morgan fingerprint density at radius 2 is 2.32 bits per heavy atom. The lowest BCUT2D eigenvalue weighted by atomic mass is 10.2. The summed E-state index contributed by atoms with van der Waals surface area (Å²) in [5.41, 5.74) is 0.389. The summed E-state index contributed by atoms with van der Waals surface area (Å²) in [5, 5.41) is 13.3. The molecule has 19 heavy (non-hydrogen) atoms.